The van der Waals surface area contributed by atoms with Crippen LogP contribution in [-0.4, -0.2) is 31.0 Å². The molecule has 0 spiro atoms. The van der Waals surface area contributed by atoms with Crippen molar-refractivity contribution < 1.29 is 8.78 Å². The maximum atomic E-state index is 12.1. The van der Waals surface area contributed by atoms with Gasteiger partial charge in [-0.15, -0.1) is 0 Å². The zero-order valence-corrected chi connectivity index (χ0v) is 7.88. The number of hydrogen-bond acceptors (Lipinski definition) is 1. The number of hydrogen-bond donors (Lipinski definition) is 0. The van der Waals surface area contributed by atoms with Crippen molar-refractivity contribution in [2.45, 2.75) is 32.1 Å². The summed E-state index contributed by atoms with van der Waals surface area (Å²) in [5, 5.41) is 0. The Kier molecular flexibility index (Phi) is 2.82. The number of alkyl halides is 2. The predicted molar refractivity (Wildman–Crippen MR) is 47.9 cm³/mol. The van der Waals surface area contributed by atoms with Crippen LogP contribution in [0.4, 0.5) is 8.78 Å². The fourth-order valence-corrected chi connectivity index (χ4v) is 2.40. The van der Waals surface area contributed by atoms with Gasteiger partial charge in [0, 0.05) is 6.54 Å². The molecule has 2 aliphatic rings. The Balaban J connectivity index is 1.77. The molecule has 1 saturated heterocycles. The summed E-state index contributed by atoms with van der Waals surface area (Å²) in [6, 6.07) is 0. The van der Waals surface area contributed by atoms with Crippen LogP contribution in [0.2, 0.25) is 0 Å². The van der Waals surface area contributed by atoms with E-state index in [1.807, 2.05) is 4.90 Å². The minimum Gasteiger partial charge on any atom is -0.297 e. The molecule has 1 aliphatic carbocycles. The first kappa shape index (κ1) is 9.38. The summed E-state index contributed by atoms with van der Waals surface area (Å²) in [4.78, 5) is 1.94. The summed E-state index contributed by atoms with van der Waals surface area (Å²) in [6.07, 6.45) is 2.91. The van der Waals surface area contributed by atoms with E-state index in [0.29, 0.717) is 0 Å². The minimum atomic E-state index is -2.15. The van der Waals surface area contributed by atoms with Crippen LogP contribution < -0.4 is 0 Å². The average Bonchev–Trinajstić information content (AvgIpc) is 2.85. The van der Waals surface area contributed by atoms with E-state index >= 15 is 0 Å². The number of rotatable bonds is 3. The summed E-state index contributed by atoms with van der Waals surface area (Å²) < 4.78 is 24.2. The van der Waals surface area contributed by atoms with E-state index in [1.54, 1.807) is 0 Å². The zero-order valence-electron chi connectivity index (χ0n) is 7.88. The highest BCUT2D eigenvalue weighted by molar-refractivity contribution is 4.86. The fourth-order valence-electron chi connectivity index (χ4n) is 2.40. The van der Waals surface area contributed by atoms with Gasteiger partial charge in [0.1, 0.15) is 0 Å². The topological polar surface area (TPSA) is 3.24 Å². The second-order valence-corrected chi connectivity index (χ2v) is 4.39. The minimum absolute atomic E-state index is 0.0107. The SMILES string of the molecule is FC(F)CN1CCCC(C2CC2)C1. The van der Waals surface area contributed by atoms with Crippen molar-refractivity contribution in [1.82, 2.24) is 4.90 Å². The fraction of sp³-hybridized carbons (Fsp3) is 1.00. The highest BCUT2D eigenvalue weighted by Gasteiger charge is 2.34. The van der Waals surface area contributed by atoms with Gasteiger partial charge in [-0.3, -0.25) is 4.90 Å². The Bertz CT molecular complexity index is 168. The summed E-state index contributed by atoms with van der Waals surface area (Å²) >= 11 is 0. The first-order chi connectivity index (χ1) is 6.25. The van der Waals surface area contributed by atoms with Crippen molar-refractivity contribution in [1.29, 1.82) is 0 Å². The van der Waals surface area contributed by atoms with Crippen LogP contribution in [0.1, 0.15) is 25.7 Å². The monoisotopic (exact) mass is 189 g/mol. The molecule has 1 aliphatic heterocycles. The average molecular weight is 189 g/mol. The molecule has 0 N–H and O–H groups in total. The second-order valence-electron chi connectivity index (χ2n) is 4.39. The highest BCUT2D eigenvalue weighted by Crippen LogP contribution is 2.40. The van der Waals surface area contributed by atoms with E-state index < -0.39 is 6.43 Å². The van der Waals surface area contributed by atoms with Crippen molar-refractivity contribution in [2.24, 2.45) is 11.8 Å². The molecule has 76 valence electrons. The molecule has 0 bridgehead atoms. The zero-order chi connectivity index (χ0) is 9.26. The number of halogens is 2. The molecule has 0 aromatic rings. The van der Waals surface area contributed by atoms with Crippen molar-refractivity contribution >= 4 is 0 Å². The molecule has 1 nitrogen and oxygen atoms in total. The lowest BCUT2D eigenvalue weighted by molar-refractivity contribution is 0.0613. The Morgan fingerprint density at radius 2 is 1.92 bits per heavy atom. The third-order valence-electron chi connectivity index (χ3n) is 3.23. The second kappa shape index (κ2) is 3.91. The van der Waals surface area contributed by atoms with Gasteiger partial charge in [0.25, 0.3) is 6.43 Å². The van der Waals surface area contributed by atoms with E-state index in [9.17, 15) is 8.78 Å². The normalized spacial score (nSPS) is 31.2. The standard InChI is InChI=1S/C10H17F2N/c11-10(12)7-13-5-1-2-9(6-13)8-3-4-8/h8-10H,1-7H2. The van der Waals surface area contributed by atoms with E-state index in [2.05, 4.69) is 0 Å². The van der Waals surface area contributed by atoms with Gasteiger partial charge < -0.3 is 0 Å². The number of piperidine rings is 1. The maximum absolute atomic E-state index is 12.1. The third kappa shape index (κ3) is 2.63. The molecule has 1 heterocycles. The van der Waals surface area contributed by atoms with E-state index in [1.165, 1.54) is 19.3 Å². The molecular weight excluding hydrogens is 172 g/mol. The lowest BCUT2D eigenvalue weighted by Crippen LogP contribution is -2.38. The molecule has 0 amide bonds. The van der Waals surface area contributed by atoms with Gasteiger partial charge in [-0.25, -0.2) is 8.78 Å². The molecule has 0 aromatic heterocycles. The molecule has 0 radical (unpaired) electrons. The molecule has 1 atom stereocenters. The highest BCUT2D eigenvalue weighted by atomic mass is 19.3. The maximum Gasteiger partial charge on any atom is 0.251 e. The molecule has 0 aromatic carbocycles. The number of likely N-dealkylation sites (tertiary alicyclic amines) is 1. The van der Waals surface area contributed by atoms with Crippen LogP contribution in [0.15, 0.2) is 0 Å². The van der Waals surface area contributed by atoms with Crippen molar-refractivity contribution in [3.63, 3.8) is 0 Å². The molecule has 2 rings (SSSR count). The van der Waals surface area contributed by atoms with E-state index in [-0.39, 0.29) is 6.54 Å². The summed E-state index contributed by atoms with van der Waals surface area (Å²) in [5.74, 6) is 1.60. The van der Waals surface area contributed by atoms with Crippen molar-refractivity contribution in [2.75, 3.05) is 19.6 Å². The summed E-state index contributed by atoms with van der Waals surface area (Å²) in [5.41, 5.74) is 0. The molecule has 1 saturated carbocycles. The van der Waals surface area contributed by atoms with Gasteiger partial charge >= 0.3 is 0 Å². The lowest BCUT2D eigenvalue weighted by atomic mass is 9.93. The van der Waals surface area contributed by atoms with Gasteiger partial charge in [0.15, 0.2) is 0 Å². The predicted octanol–water partition coefficient (Wildman–Crippen LogP) is 2.37. The van der Waals surface area contributed by atoms with Crippen LogP contribution in [0.5, 0.6) is 0 Å². The lowest BCUT2D eigenvalue weighted by Gasteiger charge is -2.32. The van der Waals surface area contributed by atoms with Crippen molar-refractivity contribution in [3.8, 4) is 0 Å². The van der Waals surface area contributed by atoms with Crippen LogP contribution in [0, 0.1) is 11.8 Å². The third-order valence-corrected chi connectivity index (χ3v) is 3.23. The quantitative estimate of drug-likeness (QED) is 0.659. The van der Waals surface area contributed by atoms with Crippen LogP contribution in [0.3, 0.4) is 0 Å². The van der Waals surface area contributed by atoms with E-state index in [0.717, 1.165) is 31.3 Å². The smallest absolute Gasteiger partial charge is 0.251 e. The Labute approximate surface area is 78.1 Å². The first-order valence-corrected chi connectivity index (χ1v) is 5.26. The van der Waals surface area contributed by atoms with E-state index in [4.69, 9.17) is 0 Å². The first-order valence-electron chi connectivity index (χ1n) is 5.26. The Hall–Kier alpha value is -0.180. The molecule has 1 unspecified atom stereocenters. The van der Waals surface area contributed by atoms with Crippen LogP contribution in [-0.2, 0) is 0 Å². The van der Waals surface area contributed by atoms with Gasteiger partial charge in [0.2, 0.25) is 0 Å². The molecule has 3 heteroatoms. The van der Waals surface area contributed by atoms with Crippen LogP contribution in [0.25, 0.3) is 0 Å². The Morgan fingerprint density at radius 3 is 2.54 bits per heavy atom. The molecule has 2 fully saturated rings. The number of nitrogens with zero attached hydrogens (tertiary/aromatic N) is 1. The summed E-state index contributed by atoms with van der Waals surface area (Å²) in [7, 11) is 0. The van der Waals surface area contributed by atoms with Gasteiger partial charge in [-0.2, -0.15) is 0 Å². The molecular formula is C10H17F2N. The molecule has 13 heavy (non-hydrogen) atoms. The van der Waals surface area contributed by atoms with Gasteiger partial charge in [0.05, 0.1) is 6.54 Å². The Morgan fingerprint density at radius 1 is 1.15 bits per heavy atom. The van der Waals surface area contributed by atoms with Gasteiger partial charge in [-0.05, 0) is 44.1 Å². The summed E-state index contributed by atoms with van der Waals surface area (Å²) in [6.45, 7) is 1.80. The largest absolute Gasteiger partial charge is 0.297 e. The van der Waals surface area contributed by atoms with Crippen molar-refractivity contribution in [3.05, 3.63) is 0 Å². The van der Waals surface area contributed by atoms with Gasteiger partial charge in [-0.1, -0.05) is 0 Å². The van der Waals surface area contributed by atoms with Crippen LogP contribution >= 0.6 is 0 Å².